The fraction of sp³-hybridized carbons (Fsp3) is 0.263. The molecule has 1 amide bonds. The smallest absolute Gasteiger partial charge is 0.296 e. The third kappa shape index (κ3) is 4.96. The van der Waals surface area contributed by atoms with Gasteiger partial charge in [0.15, 0.2) is 0 Å². The van der Waals surface area contributed by atoms with E-state index < -0.39 is 5.91 Å². The van der Waals surface area contributed by atoms with Crippen LogP contribution in [0.25, 0.3) is 0 Å². The number of nitrogens with zero attached hydrogens (tertiary/aromatic N) is 3. The van der Waals surface area contributed by atoms with Gasteiger partial charge >= 0.3 is 0 Å². The van der Waals surface area contributed by atoms with Gasteiger partial charge in [-0.25, -0.2) is 0 Å². The van der Waals surface area contributed by atoms with Crippen LogP contribution in [0.1, 0.15) is 15.9 Å². The lowest BCUT2D eigenvalue weighted by Gasteiger charge is -2.29. The van der Waals surface area contributed by atoms with E-state index in [0.717, 1.165) is 16.9 Å². The number of halogens is 1. The molecule has 1 fully saturated rings. The van der Waals surface area contributed by atoms with E-state index in [9.17, 15) is 9.59 Å². The summed E-state index contributed by atoms with van der Waals surface area (Å²) in [5.41, 5.74) is 1.56. The number of aromatic amines is 1. The molecule has 0 aliphatic carbocycles. The molecule has 11 heteroatoms. The van der Waals surface area contributed by atoms with E-state index in [1.165, 1.54) is 12.3 Å². The lowest BCUT2D eigenvalue weighted by atomic mass is 10.2. The van der Waals surface area contributed by atoms with Gasteiger partial charge in [0, 0.05) is 30.4 Å². The van der Waals surface area contributed by atoms with Crippen molar-refractivity contribution in [3.8, 4) is 5.19 Å². The summed E-state index contributed by atoms with van der Waals surface area (Å²) >= 11 is 6.99. The van der Waals surface area contributed by atoms with Crippen molar-refractivity contribution in [2.45, 2.75) is 6.61 Å². The fourth-order valence-corrected chi connectivity index (χ4v) is 3.63. The Morgan fingerprint density at radius 1 is 1.27 bits per heavy atom. The normalized spacial score (nSPS) is 13.8. The molecule has 1 aliphatic heterocycles. The van der Waals surface area contributed by atoms with Crippen molar-refractivity contribution in [2.75, 3.05) is 36.5 Å². The van der Waals surface area contributed by atoms with Crippen molar-refractivity contribution in [3.05, 3.63) is 63.0 Å². The van der Waals surface area contributed by atoms with Crippen LogP contribution >= 0.6 is 22.9 Å². The van der Waals surface area contributed by atoms with Crippen LogP contribution < -0.4 is 20.5 Å². The second-order valence-electron chi connectivity index (χ2n) is 6.44. The molecule has 9 nitrogen and oxygen atoms in total. The highest BCUT2D eigenvalue weighted by Gasteiger charge is 2.21. The second kappa shape index (κ2) is 9.24. The van der Waals surface area contributed by atoms with Crippen molar-refractivity contribution >= 4 is 39.7 Å². The highest BCUT2D eigenvalue weighted by molar-refractivity contribution is 7.17. The Bertz CT molecular complexity index is 1080. The van der Waals surface area contributed by atoms with Gasteiger partial charge in [-0.2, -0.15) is 0 Å². The summed E-state index contributed by atoms with van der Waals surface area (Å²) in [6, 6.07) is 8.69. The fourth-order valence-electron chi connectivity index (χ4n) is 2.92. The zero-order valence-electron chi connectivity index (χ0n) is 15.8. The van der Waals surface area contributed by atoms with Crippen molar-refractivity contribution in [3.63, 3.8) is 0 Å². The van der Waals surface area contributed by atoms with Crippen LogP contribution in [-0.2, 0) is 11.3 Å². The number of benzene rings is 1. The van der Waals surface area contributed by atoms with Crippen LogP contribution in [0, 0.1) is 0 Å². The molecule has 0 spiro atoms. The number of carbonyl (C=O) groups is 1. The van der Waals surface area contributed by atoms with Crippen molar-refractivity contribution in [1.82, 2.24) is 15.2 Å². The SMILES string of the molecule is O=C(Nc1nnc(OCc2ccc(Cl)cc2)s1)c1c[nH]c(=O)cc1N1CCOCC1. The zero-order chi connectivity index (χ0) is 20.9. The molecule has 0 atom stereocenters. The Hall–Kier alpha value is -2.95. The highest BCUT2D eigenvalue weighted by atomic mass is 35.5. The lowest BCUT2D eigenvalue weighted by molar-refractivity contribution is 0.102. The first-order valence-electron chi connectivity index (χ1n) is 9.16. The van der Waals surface area contributed by atoms with Gasteiger partial charge in [0.2, 0.25) is 10.7 Å². The van der Waals surface area contributed by atoms with Crippen LogP contribution in [0.15, 0.2) is 41.3 Å². The van der Waals surface area contributed by atoms with Gasteiger partial charge in [0.25, 0.3) is 11.1 Å². The Kier molecular flexibility index (Phi) is 6.26. The van der Waals surface area contributed by atoms with Gasteiger partial charge in [-0.1, -0.05) is 28.8 Å². The lowest BCUT2D eigenvalue weighted by Crippen LogP contribution is -2.38. The largest absolute Gasteiger partial charge is 0.464 e. The number of morpholine rings is 1. The highest BCUT2D eigenvalue weighted by Crippen LogP contribution is 2.25. The number of anilines is 2. The minimum atomic E-state index is -0.395. The van der Waals surface area contributed by atoms with Gasteiger partial charge in [-0.3, -0.25) is 14.9 Å². The van der Waals surface area contributed by atoms with Crippen LogP contribution in [0.3, 0.4) is 0 Å². The molecule has 3 heterocycles. The molecular formula is C19H18ClN5O4S. The van der Waals surface area contributed by atoms with Crippen LogP contribution in [0.4, 0.5) is 10.8 Å². The van der Waals surface area contributed by atoms with E-state index in [4.69, 9.17) is 21.1 Å². The Labute approximate surface area is 180 Å². The third-order valence-electron chi connectivity index (χ3n) is 4.40. The standard InChI is InChI=1S/C19H18ClN5O4S/c20-13-3-1-12(2-4-13)11-29-19-24-23-18(30-19)22-17(27)14-10-21-16(26)9-15(14)25-5-7-28-8-6-25/h1-4,9-10H,5-8,11H2,(H,21,26)(H,22,23,27). The van der Waals surface area contributed by atoms with Gasteiger partial charge in [-0.15, -0.1) is 5.10 Å². The van der Waals surface area contributed by atoms with Crippen LogP contribution in [0.5, 0.6) is 5.19 Å². The van der Waals surface area contributed by atoms with Gasteiger partial charge in [0.05, 0.1) is 24.5 Å². The maximum absolute atomic E-state index is 12.8. The molecule has 0 bridgehead atoms. The summed E-state index contributed by atoms with van der Waals surface area (Å²) in [6.45, 7) is 2.59. The average molecular weight is 448 g/mol. The molecule has 30 heavy (non-hydrogen) atoms. The number of ether oxygens (including phenoxy) is 2. The van der Waals surface area contributed by atoms with Gasteiger partial charge < -0.3 is 19.4 Å². The predicted octanol–water partition coefficient (Wildman–Crippen LogP) is 2.55. The number of hydrogen-bond donors (Lipinski definition) is 2. The molecule has 2 aromatic heterocycles. The molecule has 1 saturated heterocycles. The third-order valence-corrected chi connectivity index (χ3v) is 5.40. The van der Waals surface area contributed by atoms with Crippen LogP contribution in [0.2, 0.25) is 5.02 Å². The first-order chi connectivity index (χ1) is 14.6. The van der Waals surface area contributed by atoms with Crippen molar-refractivity contribution in [1.29, 1.82) is 0 Å². The molecular weight excluding hydrogens is 430 g/mol. The summed E-state index contributed by atoms with van der Waals surface area (Å²) in [6.07, 6.45) is 1.40. The van der Waals surface area contributed by atoms with E-state index >= 15 is 0 Å². The van der Waals surface area contributed by atoms with E-state index in [1.807, 2.05) is 17.0 Å². The molecule has 0 radical (unpaired) electrons. The summed E-state index contributed by atoms with van der Waals surface area (Å²) in [5.74, 6) is -0.395. The Morgan fingerprint density at radius 3 is 2.80 bits per heavy atom. The summed E-state index contributed by atoms with van der Waals surface area (Å²) in [7, 11) is 0. The summed E-state index contributed by atoms with van der Waals surface area (Å²) < 4.78 is 11.0. The number of hydrogen-bond acceptors (Lipinski definition) is 8. The molecule has 3 aromatic rings. The maximum atomic E-state index is 12.8. The molecule has 2 N–H and O–H groups in total. The van der Waals surface area contributed by atoms with E-state index in [2.05, 4.69) is 20.5 Å². The van der Waals surface area contributed by atoms with E-state index in [0.29, 0.717) is 59.5 Å². The first kappa shape index (κ1) is 20.3. The Morgan fingerprint density at radius 2 is 2.03 bits per heavy atom. The molecule has 0 unspecified atom stereocenters. The molecule has 1 aliphatic rings. The van der Waals surface area contributed by atoms with Crippen molar-refractivity contribution < 1.29 is 14.3 Å². The number of aromatic nitrogens is 3. The van der Waals surface area contributed by atoms with Crippen LogP contribution in [-0.4, -0.2) is 47.4 Å². The first-order valence-corrected chi connectivity index (χ1v) is 10.4. The van der Waals surface area contributed by atoms with E-state index in [1.54, 1.807) is 12.1 Å². The second-order valence-corrected chi connectivity index (χ2v) is 7.81. The number of H-pyrrole nitrogens is 1. The predicted molar refractivity (Wildman–Crippen MR) is 114 cm³/mol. The average Bonchev–Trinajstić information content (AvgIpc) is 3.21. The number of carbonyl (C=O) groups excluding carboxylic acids is 1. The number of rotatable bonds is 6. The molecule has 0 saturated carbocycles. The number of nitrogens with one attached hydrogen (secondary N) is 2. The number of pyridine rings is 1. The van der Waals surface area contributed by atoms with E-state index in [-0.39, 0.29) is 5.56 Å². The monoisotopic (exact) mass is 447 g/mol. The maximum Gasteiger partial charge on any atom is 0.296 e. The van der Waals surface area contributed by atoms with Gasteiger partial charge in [0.1, 0.15) is 6.61 Å². The topological polar surface area (TPSA) is 109 Å². The minimum Gasteiger partial charge on any atom is -0.464 e. The molecule has 1 aromatic carbocycles. The van der Waals surface area contributed by atoms with Gasteiger partial charge in [-0.05, 0) is 29.0 Å². The molecule has 4 rings (SSSR count). The quantitative estimate of drug-likeness (QED) is 0.597. The number of amides is 1. The summed E-state index contributed by atoms with van der Waals surface area (Å²) in [4.78, 5) is 29.1. The Balaban J connectivity index is 1.43. The van der Waals surface area contributed by atoms with Crippen molar-refractivity contribution in [2.24, 2.45) is 0 Å². The zero-order valence-corrected chi connectivity index (χ0v) is 17.3. The molecule has 156 valence electrons. The summed E-state index contributed by atoms with van der Waals surface area (Å²) in [5, 5.41) is 11.9. The minimum absolute atomic E-state index is 0.276.